The minimum atomic E-state index is 0.243. The van der Waals surface area contributed by atoms with Gasteiger partial charge in [0, 0.05) is 10.6 Å². The predicted octanol–water partition coefficient (Wildman–Crippen LogP) is 4.73. The molecular formula is C15H22N2S2. The van der Waals surface area contributed by atoms with Crippen molar-refractivity contribution in [3.8, 4) is 0 Å². The number of benzene rings is 1. The fourth-order valence-corrected chi connectivity index (χ4v) is 3.54. The Morgan fingerprint density at radius 3 is 2.74 bits per heavy atom. The Hall–Kier alpha value is -0.610. The van der Waals surface area contributed by atoms with Crippen LogP contribution in [0.5, 0.6) is 0 Å². The molecule has 0 amide bonds. The Kier molecular flexibility index (Phi) is 4.85. The monoisotopic (exact) mass is 294 g/mol. The zero-order chi connectivity index (χ0) is 13.9. The highest BCUT2D eigenvalue weighted by molar-refractivity contribution is 8.14. The zero-order valence-corrected chi connectivity index (χ0v) is 13.7. The van der Waals surface area contributed by atoms with E-state index in [1.807, 2.05) is 11.8 Å². The second-order valence-electron chi connectivity index (χ2n) is 5.78. The summed E-state index contributed by atoms with van der Waals surface area (Å²) in [5, 5.41) is 4.56. The number of anilines is 1. The predicted molar refractivity (Wildman–Crippen MR) is 89.6 cm³/mol. The van der Waals surface area contributed by atoms with Crippen molar-refractivity contribution in [2.45, 2.75) is 38.1 Å². The molecule has 0 saturated heterocycles. The van der Waals surface area contributed by atoms with Gasteiger partial charge in [0.05, 0.1) is 11.7 Å². The molecule has 0 saturated carbocycles. The number of rotatable bonds is 2. The Morgan fingerprint density at radius 2 is 2.05 bits per heavy atom. The van der Waals surface area contributed by atoms with E-state index in [1.54, 1.807) is 11.8 Å². The average molecular weight is 294 g/mol. The summed E-state index contributed by atoms with van der Waals surface area (Å²) in [6, 6.07) is 8.82. The smallest absolute Gasteiger partial charge is 0.161 e. The first-order chi connectivity index (χ1) is 9.00. The average Bonchev–Trinajstić information content (AvgIpc) is 2.39. The molecule has 104 valence electrons. The quantitative estimate of drug-likeness (QED) is 0.798. The van der Waals surface area contributed by atoms with E-state index in [-0.39, 0.29) is 5.41 Å². The number of nitrogens with zero attached hydrogens (tertiary/aromatic N) is 1. The van der Waals surface area contributed by atoms with Crippen LogP contribution in [0, 0.1) is 5.41 Å². The third-order valence-corrected chi connectivity index (χ3v) is 4.97. The molecule has 1 heterocycles. The van der Waals surface area contributed by atoms with Crippen LogP contribution in [0.25, 0.3) is 0 Å². The SMILES string of the molecule is CSc1ccccc1NC1=NC(C(C)(C)C)CCS1. The number of thioether (sulfide) groups is 2. The number of hydrogen-bond acceptors (Lipinski definition) is 4. The molecule has 4 heteroatoms. The van der Waals surface area contributed by atoms with E-state index >= 15 is 0 Å². The van der Waals surface area contributed by atoms with Gasteiger partial charge in [0.2, 0.25) is 0 Å². The molecule has 1 atom stereocenters. The molecule has 2 rings (SSSR count). The second kappa shape index (κ2) is 6.23. The van der Waals surface area contributed by atoms with Crippen molar-refractivity contribution in [1.82, 2.24) is 0 Å². The lowest BCUT2D eigenvalue weighted by Crippen LogP contribution is -2.30. The van der Waals surface area contributed by atoms with Crippen LogP contribution in [-0.4, -0.2) is 23.2 Å². The van der Waals surface area contributed by atoms with Gasteiger partial charge in [-0.25, -0.2) is 0 Å². The van der Waals surface area contributed by atoms with Gasteiger partial charge in [0.25, 0.3) is 0 Å². The molecule has 1 aliphatic heterocycles. The van der Waals surface area contributed by atoms with Gasteiger partial charge in [0.15, 0.2) is 5.17 Å². The lowest BCUT2D eigenvalue weighted by molar-refractivity contribution is 0.316. The van der Waals surface area contributed by atoms with E-state index in [0.717, 1.165) is 16.6 Å². The van der Waals surface area contributed by atoms with E-state index in [1.165, 1.54) is 11.3 Å². The maximum atomic E-state index is 4.88. The van der Waals surface area contributed by atoms with Gasteiger partial charge in [-0.1, -0.05) is 44.7 Å². The molecule has 0 fully saturated rings. The summed E-state index contributed by atoms with van der Waals surface area (Å²) in [7, 11) is 0. The standard InChI is InChI=1S/C15H22N2S2/c1-15(2,3)13-9-10-19-14(17-13)16-11-7-5-6-8-12(11)18-4/h5-8,13H,9-10H2,1-4H3,(H,16,17). The molecule has 0 spiro atoms. The highest BCUT2D eigenvalue weighted by Gasteiger charge is 2.27. The van der Waals surface area contributed by atoms with Gasteiger partial charge >= 0.3 is 0 Å². The van der Waals surface area contributed by atoms with Crippen LogP contribution < -0.4 is 5.32 Å². The fourth-order valence-electron chi connectivity index (χ4n) is 2.07. The minimum Gasteiger partial charge on any atom is -0.334 e. The van der Waals surface area contributed by atoms with Crippen LogP contribution in [0.3, 0.4) is 0 Å². The first kappa shape index (κ1) is 14.8. The molecule has 1 unspecified atom stereocenters. The molecule has 0 aliphatic carbocycles. The van der Waals surface area contributed by atoms with Crippen LogP contribution in [0.15, 0.2) is 34.2 Å². The zero-order valence-electron chi connectivity index (χ0n) is 12.1. The molecule has 0 bridgehead atoms. The summed E-state index contributed by atoms with van der Waals surface area (Å²) < 4.78 is 0. The number of nitrogens with one attached hydrogen (secondary N) is 1. The summed E-state index contributed by atoms with van der Waals surface area (Å²) in [6.07, 6.45) is 3.28. The van der Waals surface area contributed by atoms with Gasteiger partial charge in [-0.3, -0.25) is 4.99 Å². The summed E-state index contributed by atoms with van der Waals surface area (Å²) in [5.74, 6) is 1.15. The molecule has 0 radical (unpaired) electrons. The van der Waals surface area contributed by atoms with Gasteiger partial charge in [0.1, 0.15) is 0 Å². The first-order valence-corrected chi connectivity index (χ1v) is 8.82. The Morgan fingerprint density at radius 1 is 1.32 bits per heavy atom. The maximum Gasteiger partial charge on any atom is 0.161 e. The van der Waals surface area contributed by atoms with Crippen LogP contribution in [0.2, 0.25) is 0 Å². The first-order valence-electron chi connectivity index (χ1n) is 6.61. The lowest BCUT2D eigenvalue weighted by Gasteiger charge is -2.31. The summed E-state index contributed by atoms with van der Waals surface area (Å²) in [4.78, 5) is 6.15. The van der Waals surface area contributed by atoms with E-state index in [0.29, 0.717) is 6.04 Å². The van der Waals surface area contributed by atoms with Gasteiger partial charge in [-0.2, -0.15) is 0 Å². The molecule has 1 aromatic rings. The van der Waals surface area contributed by atoms with Crippen LogP contribution in [-0.2, 0) is 0 Å². The Labute approximate surface area is 124 Å². The largest absolute Gasteiger partial charge is 0.334 e. The van der Waals surface area contributed by atoms with Crippen LogP contribution >= 0.6 is 23.5 Å². The summed E-state index contributed by atoms with van der Waals surface area (Å²) in [6.45, 7) is 6.81. The van der Waals surface area contributed by atoms with Crippen molar-refractivity contribution in [2.75, 3.05) is 17.3 Å². The molecular weight excluding hydrogens is 272 g/mol. The normalized spacial score (nSPS) is 20.0. The van der Waals surface area contributed by atoms with E-state index in [9.17, 15) is 0 Å². The Bertz CT molecular complexity index is 463. The van der Waals surface area contributed by atoms with Crippen molar-refractivity contribution in [3.05, 3.63) is 24.3 Å². The molecule has 0 aromatic heterocycles. The summed E-state index contributed by atoms with van der Waals surface area (Å²) in [5.41, 5.74) is 1.41. The van der Waals surface area contributed by atoms with Crippen LogP contribution in [0.1, 0.15) is 27.2 Å². The highest BCUT2D eigenvalue weighted by Crippen LogP contribution is 2.32. The number of para-hydroxylation sites is 1. The van der Waals surface area contributed by atoms with Crippen molar-refractivity contribution in [2.24, 2.45) is 10.4 Å². The molecule has 1 N–H and O–H groups in total. The van der Waals surface area contributed by atoms with E-state index < -0.39 is 0 Å². The number of aliphatic imine (C=N–C) groups is 1. The van der Waals surface area contributed by atoms with Crippen molar-refractivity contribution >= 4 is 34.4 Å². The molecule has 2 nitrogen and oxygen atoms in total. The van der Waals surface area contributed by atoms with Crippen molar-refractivity contribution < 1.29 is 0 Å². The minimum absolute atomic E-state index is 0.243. The van der Waals surface area contributed by atoms with Crippen molar-refractivity contribution in [1.29, 1.82) is 0 Å². The fraction of sp³-hybridized carbons (Fsp3) is 0.533. The second-order valence-corrected chi connectivity index (χ2v) is 7.71. The molecule has 1 aliphatic rings. The van der Waals surface area contributed by atoms with Gasteiger partial charge in [-0.15, -0.1) is 11.8 Å². The van der Waals surface area contributed by atoms with Gasteiger partial charge < -0.3 is 5.32 Å². The molecule has 1 aromatic carbocycles. The molecule has 19 heavy (non-hydrogen) atoms. The number of hydrogen-bond donors (Lipinski definition) is 1. The third-order valence-electron chi connectivity index (χ3n) is 3.25. The maximum absolute atomic E-state index is 4.88. The topological polar surface area (TPSA) is 24.4 Å². The van der Waals surface area contributed by atoms with E-state index in [4.69, 9.17) is 4.99 Å². The Balaban J connectivity index is 2.16. The van der Waals surface area contributed by atoms with Crippen LogP contribution in [0.4, 0.5) is 5.69 Å². The lowest BCUT2D eigenvalue weighted by atomic mass is 9.85. The number of amidine groups is 1. The summed E-state index contributed by atoms with van der Waals surface area (Å²) >= 11 is 3.59. The van der Waals surface area contributed by atoms with Crippen molar-refractivity contribution in [3.63, 3.8) is 0 Å². The third kappa shape index (κ3) is 3.93. The highest BCUT2D eigenvalue weighted by atomic mass is 32.2. The van der Waals surface area contributed by atoms with E-state index in [2.05, 4.69) is 56.6 Å². The van der Waals surface area contributed by atoms with Gasteiger partial charge in [-0.05, 0) is 30.2 Å².